The minimum atomic E-state index is 0.698. The maximum Gasteiger partial charge on any atom is 0.227 e. The molecule has 0 saturated carbocycles. The molecule has 142 valence electrons. The lowest BCUT2D eigenvalue weighted by atomic mass is 9.98. The Balaban J connectivity index is 1.79. The number of furan rings is 1. The Morgan fingerprint density at radius 1 is 0.793 bits per heavy atom. The summed E-state index contributed by atoms with van der Waals surface area (Å²) in [6.07, 6.45) is 2.12. The number of rotatable bonds is 2. The van der Waals surface area contributed by atoms with Crippen molar-refractivity contribution in [2.24, 2.45) is 7.05 Å². The molecule has 0 spiro atoms. The van der Waals surface area contributed by atoms with Crippen molar-refractivity contribution in [3.05, 3.63) is 83.7 Å². The third kappa shape index (κ3) is 2.90. The van der Waals surface area contributed by atoms with Crippen LogP contribution in [0.5, 0.6) is 0 Å². The molecule has 0 unspecified atom stereocenters. The Labute approximate surface area is 170 Å². The highest BCUT2D eigenvalue weighted by Crippen LogP contribution is 2.37. The van der Waals surface area contributed by atoms with Gasteiger partial charge in [0.25, 0.3) is 0 Å². The topological polar surface area (TPSA) is 29.9 Å². The molecule has 5 aromatic rings. The number of aromatic nitrogens is 2. The molecule has 0 amide bonds. The first-order valence-corrected chi connectivity index (χ1v) is 9.88. The number of nitrogens with zero attached hydrogens (tertiary/aromatic N) is 2. The van der Waals surface area contributed by atoms with Crippen LogP contribution in [-0.2, 0) is 7.05 Å². The van der Waals surface area contributed by atoms with Gasteiger partial charge < -0.3 is 4.42 Å². The Hall–Kier alpha value is -3.46. The van der Waals surface area contributed by atoms with Gasteiger partial charge in [-0.05, 0) is 49.6 Å². The number of fused-ring (bicyclic) bond motifs is 3. The summed E-state index contributed by atoms with van der Waals surface area (Å²) in [5.74, 6) is 0. The summed E-state index contributed by atoms with van der Waals surface area (Å²) >= 11 is 0. The van der Waals surface area contributed by atoms with Crippen molar-refractivity contribution in [3.63, 3.8) is 0 Å². The van der Waals surface area contributed by atoms with Gasteiger partial charge >= 0.3 is 0 Å². The third-order valence-electron chi connectivity index (χ3n) is 5.65. The zero-order valence-electron chi connectivity index (χ0n) is 17.2. The number of hydrogen-bond donors (Lipinski definition) is 0. The summed E-state index contributed by atoms with van der Waals surface area (Å²) in [5, 5.41) is 2.16. The van der Waals surface area contributed by atoms with E-state index in [-0.39, 0.29) is 0 Å². The standard InChI is InChI=1S/C26H23N2O/c1-16-5-9-19(10-6-16)20-13-14-28(4)23(15-20)24-17(2)7-11-21-22-12-8-18(3)27-26(22)29-25(21)24/h5-15H,1-4H3/q+1. The molecule has 3 nitrogen and oxygen atoms in total. The van der Waals surface area contributed by atoms with Gasteiger partial charge in [0.2, 0.25) is 11.4 Å². The van der Waals surface area contributed by atoms with E-state index in [1.807, 2.05) is 13.0 Å². The highest BCUT2D eigenvalue weighted by atomic mass is 16.3. The van der Waals surface area contributed by atoms with Crippen molar-refractivity contribution < 1.29 is 8.98 Å². The summed E-state index contributed by atoms with van der Waals surface area (Å²) in [6.45, 7) is 6.24. The molecule has 3 heteroatoms. The van der Waals surface area contributed by atoms with Crippen LogP contribution >= 0.6 is 0 Å². The zero-order chi connectivity index (χ0) is 20.1. The van der Waals surface area contributed by atoms with Gasteiger partial charge in [-0.3, -0.25) is 0 Å². The fourth-order valence-electron chi connectivity index (χ4n) is 3.97. The Morgan fingerprint density at radius 2 is 1.55 bits per heavy atom. The van der Waals surface area contributed by atoms with E-state index in [0.29, 0.717) is 5.71 Å². The van der Waals surface area contributed by atoms with E-state index < -0.39 is 0 Å². The second-order valence-electron chi connectivity index (χ2n) is 7.82. The van der Waals surface area contributed by atoms with E-state index in [1.54, 1.807) is 0 Å². The quantitative estimate of drug-likeness (QED) is 0.349. The molecule has 3 aromatic heterocycles. The van der Waals surface area contributed by atoms with Gasteiger partial charge in [-0.1, -0.05) is 42.0 Å². The average Bonchev–Trinajstić information content (AvgIpc) is 3.07. The van der Waals surface area contributed by atoms with Gasteiger partial charge in [-0.25, -0.2) is 9.55 Å². The van der Waals surface area contributed by atoms with Crippen LogP contribution in [0.1, 0.15) is 16.8 Å². The van der Waals surface area contributed by atoms with E-state index >= 15 is 0 Å². The summed E-state index contributed by atoms with van der Waals surface area (Å²) in [4.78, 5) is 4.60. The molecule has 3 heterocycles. The predicted octanol–water partition coefficient (Wildman–Crippen LogP) is 6.06. The molecule has 0 radical (unpaired) electrons. The lowest BCUT2D eigenvalue weighted by molar-refractivity contribution is -0.660. The molecule has 0 atom stereocenters. The van der Waals surface area contributed by atoms with Crippen LogP contribution in [0.15, 0.2) is 71.3 Å². The Morgan fingerprint density at radius 3 is 2.34 bits per heavy atom. The van der Waals surface area contributed by atoms with E-state index in [2.05, 4.69) is 91.2 Å². The Kier molecular flexibility index (Phi) is 3.99. The van der Waals surface area contributed by atoms with Crippen LogP contribution < -0.4 is 4.57 Å². The highest BCUT2D eigenvalue weighted by molar-refractivity contribution is 6.08. The molecule has 0 fully saturated rings. The largest absolute Gasteiger partial charge is 0.437 e. The fraction of sp³-hybridized carbons (Fsp3) is 0.154. The van der Waals surface area contributed by atoms with Gasteiger partial charge in [0.1, 0.15) is 7.05 Å². The lowest BCUT2D eigenvalue weighted by Crippen LogP contribution is -2.30. The van der Waals surface area contributed by atoms with Crippen molar-refractivity contribution in [1.82, 2.24) is 4.98 Å². The van der Waals surface area contributed by atoms with Gasteiger partial charge in [-0.15, -0.1) is 0 Å². The number of hydrogen-bond acceptors (Lipinski definition) is 2. The molecule has 0 aliphatic rings. The molecule has 0 bridgehead atoms. The van der Waals surface area contributed by atoms with Crippen LogP contribution in [0, 0.1) is 20.8 Å². The molecule has 0 aliphatic heterocycles. The van der Waals surface area contributed by atoms with Crippen molar-refractivity contribution in [1.29, 1.82) is 0 Å². The van der Waals surface area contributed by atoms with Crippen molar-refractivity contribution in [3.8, 4) is 22.4 Å². The molecule has 5 rings (SSSR count). The minimum absolute atomic E-state index is 0.698. The van der Waals surface area contributed by atoms with Crippen molar-refractivity contribution in [2.45, 2.75) is 20.8 Å². The molecule has 29 heavy (non-hydrogen) atoms. The number of benzene rings is 2. The number of aryl methyl sites for hydroxylation is 4. The first kappa shape index (κ1) is 17.6. The van der Waals surface area contributed by atoms with E-state index in [1.165, 1.54) is 22.3 Å². The Bertz CT molecular complexity index is 1380. The molecule has 0 N–H and O–H groups in total. The smallest absolute Gasteiger partial charge is 0.227 e. The van der Waals surface area contributed by atoms with Crippen molar-refractivity contribution >= 4 is 22.1 Å². The molecule has 2 aromatic carbocycles. The maximum atomic E-state index is 6.29. The molecule has 0 saturated heterocycles. The van der Waals surface area contributed by atoms with Crippen molar-refractivity contribution in [2.75, 3.05) is 0 Å². The lowest BCUT2D eigenvalue weighted by Gasteiger charge is -2.08. The normalized spacial score (nSPS) is 11.4. The number of pyridine rings is 2. The second-order valence-corrected chi connectivity index (χ2v) is 7.82. The predicted molar refractivity (Wildman–Crippen MR) is 118 cm³/mol. The van der Waals surface area contributed by atoms with Gasteiger partial charge in [0.15, 0.2) is 11.8 Å². The third-order valence-corrected chi connectivity index (χ3v) is 5.65. The van der Waals surface area contributed by atoms with Crippen LogP contribution in [0.25, 0.3) is 44.5 Å². The van der Waals surface area contributed by atoms with Crippen LogP contribution in [0.4, 0.5) is 0 Å². The first-order valence-electron chi connectivity index (χ1n) is 9.88. The average molecular weight is 379 g/mol. The summed E-state index contributed by atoms with van der Waals surface area (Å²) in [5.41, 5.74) is 9.66. The van der Waals surface area contributed by atoms with E-state index in [4.69, 9.17) is 4.42 Å². The molecule has 0 aliphatic carbocycles. The second kappa shape index (κ2) is 6.56. The molecular formula is C26H23N2O+. The monoisotopic (exact) mass is 379 g/mol. The SMILES string of the molecule is Cc1ccc(-c2cc[n+](C)c(-c3c(C)ccc4c3oc3nc(C)ccc34)c2)cc1. The summed E-state index contributed by atoms with van der Waals surface area (Å²) in [7, 11) is 2.08. The van der Waals surface area contributed by atoms with Gasteiger partial charge in [-0.2, -0.15) is 0 Å². The highest BCUT2D eigenvalue weighted by Gasteiger charge is 2.21. The first-order chi connectivity index (χ1) is 14.0. The van der Waals surface area contributed by atoms with Crippen LogP contribution in [-0.4, -0.2) is 4.98 Å². The fourth-order valence-corrected chi connectivity index (χ4v) is 3.97. The molecular weight excluding hydrogens is 356 g/mol. The van der Waals surface area contributed by atoms with Gasteiger partial charge in [0.05, 0.1) is 5.56 Å². The summed E-state index contributed by atoms with van der Waals surface area (Å²) in [6, 6.07) is 21.5. The zero-order valence-corrected chi connectivity index (χ0v) is 17.2. The summed E-state index contributed by atoms with van der Waals surface area (Å²) < 4.78 is 8.45. The van der Waals surface area contributed by atoms with E-state index in [9.17, 15) is 0 Å². The maximum absolute atomic E-state index is 6.29. The van der Waals surface area contributed by atoms with Crippen LogP contribution in [0.3, 0.4) is 0 Å². The van der Waals surface area contributed by atoms with Crippen LogP contribution in [0.2, 0.25) is 0 Å². The van der Waals surface area contributed by atoms with E-state index in [0.717, 1.165) is 33.3 Å². The minimum Gasteiger partial charge on any atom is -0.437 e. The van der Waals surface area contributed by atoms with Gasteiger partial charge in [0, 0.05) is 28.6 Å².